The van der Waals surface area contributed by atoms with E-state index in [4.69, 9.17) is 4.74 Å². The number of amides is 3. The summed E-state index contributed by atoms with van der Waals surface area (Å²) in [6, 6.07) is 23.5. The molecule has 1 heterocycles. The quantitative estimate of drug-likeness (QED) is 0.584. The van der Waals surface area contributed by atoms with E-state index in [2.05, 4.69) is 10.6 Å². The summed E-state index contributed by atoms with van der Waals surface area (Å²) >= 11 is 0. The Morgan fingerprint density at radius 3 is 2.39 bits per heavy atom. The summed E-state index contributed by atoms with van der Waals surface area (Å²) in [5.74, 6) is -0.217. The van der Waals surface area contributed by atoms with Crippen molar-refractivity contribution in [2.75, 3.05) is 23.9 Å². The molecule has 7 nitrogen and oxygen atoms in total. The van der Waals surface area contributed by atoms with Gasteiger partial charge in [-0.3, -0.25) is 14.4 Å². The molecule has 0 spiro atoms. The number of rotatable bonds is 7. The van der Waals surface area contributed by atoms with Crippen molar-refractivity contribution in [3.05, 3.63) is 90.0 Å². The van der Waals surface area contributed by atoms with Crippen molar-refractivity contribution in [1.82, 2.24) is 5.32 Å². The third kappa shape index (κ3) is 5.20. The van der Waals surface area contributed by atoms with E-state index in [0.717, 1.165) is 11.3 Å². The van der Waals surface area contributed by atoms with Crippen LogP contribution in [0.5, 0.6) is 5.75 Å². The maximum absolute atomic E-state index is 12.7. The van der Waals surface area contributed by atoms with Crippen molar-refractivity contribution in [2.45, 2.75) is 13.0 Å². The van der Waals surface area contributed by atoms with E-state index in [1.165, 1.54) is 0 Å². The molecule has 3 amide bonds. The third-order valence-electron chi connectivity index (χ3n) is 5.61. The maximum Gasteiger partial charge on any atom is 0.251 e. The molecule has 0 saturated carbocycles. The number of methoxy groups -OCH3 is 1. The average Bonchev–Trinajstić information content (AvgIpc) is 3.25. The number of nitrogens with one attached hydrogen (secondary N) is 2. The molecule has 1 unspecified atom stereocenters. The summed E-state index contributed by atoms with van der Waals surface area (Å²) < 4.78 is 5.30. The number of nitrogens with zero attached hydrogens (tertiary/aromatic N) is 1. The second kappa shape index (κ2) is 9.99. The van der Waals surface area contributed by atoms with Gasteiger partial charge in [0.25, 0.3) is 5.91 Å². The monoisotopic (exact) mass is 443 g/mol. The lowest BCUT2D eigenvalue weighted by Crippen LogP contribution is -2.28. The summed E-state index contributed by atoms with van der Waals surface area (Å²) in [5.41, 5.74) is 2.73. The normalized spacial score (nSPS) is 15.2. The van der Waals surface area contributed by atoms with Crippen molar-refractivity contribution in [3.8, 4) is 5.75 Å². The molecule has 3 aromatic rings. The first-order chi connectivity index (χ1) is 16.0. The molecule has 1 fully saturated rings. The Kier molecular flexibility index (Phi) is 6.69. The van der Waals surface area contributed by atoms with Gasteiger partial charge in [-0.25, -0.2) is 0 Å². The van der Waals surface area contributed by atoms with Gasteiger partial charge in [0.05, 0.1) is 13.0 Å². The molecule has 3 aromatic carbocycles. The summed E-state index contributed by atoms with van der Waals surface area (Å²) in [5, 5.41) is 5.72. The van der Waals surface area contributed by atoms with Crippen molar-refractivity contribution in [2.24, 2.45) is 5.92 Å². The standard InChI is InChI=1S/C26H25N3O4/c1-33-23-10-6-5-7-19(23)16-27-25(31)18-11-13-21(14-12-18)28-26(32)20-15-24(30)29(17-20)22-8-3-2-4-9-22/h2-14,20H,15-17H2,1H3,(H,27,31)(H,28,32). The van der Waals surface area contributed by atoms with E-state index in [1.807, 2.05) is 54.6 Å². The molecule has 1 atom stereocenters. The van der Waals surface area contributed by atoms with E-state index in [9.17, 15) is 14.4 Å². The topological polar surface area (TPSA) is 87.7 Å². The van der Waals surface area contributed by atoms with Crippen molar-refractivity contribution in [3.63, 3.8) is 0 Å². The molecule has 1 saturated heterocycles. The summed E-state index contributed by atoms with van der Waals surface area (Å²) in [6.07, 6.45) is 0.171. The molecule has 0 aliphatic carbocycles. The van der Waals surface area contributed by atoms with Gasteiger partial charge in [0.2, 0.25) is 11.8 Å². The van der Waals surface area contributed by atoms with Crippen molar-refractivity contribution < 1.29 is 19.1 Å². The van der Waals surface area contributed by atoms with Crippen LogP contribution < -0.4 is 20.3 Å². The number of carbonyl (C=O) groups excluding carboxylic acids is 3. The van der Waals surface area contributed by atoms with Crippen LogP contribution in [0.25, 0.3) is 0 Å². The fourth-order valence-corrected chi connectivity index (χ4v) is 3.82. The highest BCUT2D eigenvalue weighted by Gasteiger charge is 2.35. The zero-order valence-electron chi connectivity index (χ0n) is 18.3. The SMILES string of the molecule is COc1ccccc1CNC(=O)c1ccc(NC(=O)C2CC(=O)N(c3ccccc3)C2)cc1. The fraction of sp³-hybridized carbons (Fsp3) is 0.192. The van der Waals surface area contributed by atoms with Crippen LogP contribution in [0.1, 0.15) is 22.3 Å². The lowest BCUT2D eigenvalue weighted by Gasteiger charge is -2.16. The molecule has 0 radical (unpaired) electrons. The first kappa shape index (κ1) is 22.1. The van der Waals surface area contributed by atoms with Crippen LogP contribution in [-0.2, 0) is 16.1 Å². The van der Waals surface area contributed by atoms with Gasteiger partial charge >= 0.3 is 0 Å². The zero-order valence-corrected chi connectivity index (χ0v) is 18.3. The molecule has 2 N–H and O–H groups in total. The Morgan fingerprint density at radius 2 is 1.67 bits per heavy atom. The minimum Gasteiger partial charge on any atom is -0.496 e. The molecule has 0 aromatic heterocycles. The van der Waals surface area contributed by atoms with Gasteiger partial charge < -0.3 is 20.3 Å². The molecule has 4 rings (SSSR count). The molecular formula is C26H25N3O4. The Balaban J connectivity index is 1.32. The van der Waals surface area contributed by atoms with Gasteiger partial charge in [-0.1, -0.05) is 36.4 Å². The Bertz CT molecular complexity index is 1150. The largest absolute Gasteiger partial charge is 0.496 e. The smallest absolute Gasteiger partial charge is 0.251 e. The van der Waals surface area contributed by atoms with Gasteiger partial charge in [-0.05, 0) is 42.5 Å². The van der Waals surface area contributed by atoms with Gasteiger partial charge in [-0.15, -0.1) is 0 Å². The highest BCUT2D eigenvalue weighted by Crippen LogP contribution is 2.26. The molecular weight excluding hydrogens is 418 g/mol. The van der Waals surface area contributed by atoms with Crippen LogP contribution in [0.3, 0.4) is 0 Å². The molecule has 7 heteroatoms. The van der Waals surface area contributed by atoms with Crippen LogP contribution in [0.4, 0.5) is 11.4 Å². The predicted octanol–water partition coefficient (Wildman–Crippen LogP) is 3.62. The van der Waals surface area contributed by atoms with Crippen LogP contribution in [-0.4, -0.2) is 31.4 Å². The predicted molar refractivity (Wildman–Crippen MR) is 126 cm³/mol. The number of hydrogen-bond acceptors (Lipinski definition) is 4. The van der Waals surface area contributed by atoms with Gasteiger partial charge in [-0.2, -0.15) is 0 Å². The average molecular weight is 444 g/mol. The van der Waals surface area contributed by atoms with E-state index < -0.39 is 5.92 Å². The van der Waals surface area contributed by atoms with E-state index in [0.29, 0.717) is 30.1 Å². The Morgan fingerprint density at radius 1 is 0.970 bits per heavy atom. The summed E-state index contributed by atoms with van der Waals surface area (Å²) in [6.45, 7) is 0.688. The lowest BCUT2D eigenvalue weighted by molar-refractivity contribution is -0.122. The van der Waals surface area contributed by atoms with Crippen LogP contribution in [0.2, 0.25) is 0 Å². The lowest BCUT2D eigenvalue weighted by atomic mass is 10.1. The Hall–Kier alpha value is -4.13. The van der Waals surface area contributed by atoms with E-state index >= 15 is 0 Å². The highest BCUT2D eigenvalue weighted by molar-refractivity contribution is 6.03. The molecule has 1 aliphatic rings. The van der Waals surface area contributed by atoms with Crippen LogP contribution in [0.15, 0.2) is 78.9 Å². The van der Waals surface area contributed by atoms with Crippen molar-refractivity contribution in [1.29, 1.82) is 0 Å². The first-order valence-corrected chi connectivity index (χ1v) is 10.7. The second-order valence-corrected chi connectivity index (χ2v) is 7.80. The minimum atomic E-state index is -0.429. The zero-order chi connectivity index (χ0) is 23.2. The van der Waals surface area contributed by atoms with E-state index in [-0.39, 0.29) is 24.1 Å². The fourth-order valence-electron chi connectivity index (χ4n) is 3.82. The van der Waals surface area contributed by atoms with Gasteiger partial charge in [0.1, 0.15) is 5.75 Å². The number of benzene rings is 3. The molecule has 0 bridgehead atoms. The Labute approximate surface area is 192 Å². The summed E-state index contributed by atoms with van der Waals surface area (Å²) in [7, 11) is 1.59. The van der Waals surface area contributed by atoms with Crippen LogP contribution in [0, 0.1) is 5.92 Å². The van der Waals surface area contributed by atoms with Gasteiger partial charge in [0.15, 0.2) is 0 Å². The number of anilines is 2. The number of carbonyl (C=O) groups is 3. The van der Waals surface area contributed by atoms with Crippen LogP contribution >= 0.6 is 0 Å². The van der Waals surface area contributed by atoms with Crippen molar-refractivity contribution >= 4 is 29.1 Å². The highest BCUT2D eigenvalue weighted by atomic mass is 16.5. The maximum atomic E-state index is 12.7. The third-order valence-corrected chi connectivity index (χ3v) is 5.61. The molecule has 1 aliphatic heterocycles. The molecule has 33 heavy (non-hydrogen) atoms. The second-order valence-electron chi connectivity index (χ2n) is 7.80. The number of ether oxygens (including phenoxy) is 1. The summed E-state index contributed by atoms with van der Waals surface area (Å²) in [4.78, 5) is 39.2. The molecule has 168 valence electrons. The van der Waals surface area contributed by atoms with Gasteiger partial charge in [0, 0.05) is 42.0 Å². The number of para-hydroxylation sites is 2. The minimum absolute atomic E-state index is 0.0663. The number of hydrogen-bond donors (Lipinski definition) is 2. The van der Waals surface area contributed by atoms with E-state index in [1.54, 1.807) is 36.3 Å². The first-order valence-electron chi connectivity index (χ1n) is 10.7.